The Hall–Kier alpha value is -3.87. The molecule has 1 unspecified atom stereocenters. The summed E-state index contributed by atoms with van der Waals surface area (Å²) in [7, 11) is 0. The number of hydrogen-bond donors (Lipinski definition) is 1. The van der Waals surface area contributed by atoms with Crippen molar-refractivity contribution >= 4 is 27.9 Å². The van der Waals surface area contributed by atoms with Gasteiger partial charge < -0.3 is 19.6 Å². The van der Waals surface area contributed by atoms with Crippen molar-refractivity contribution in [2.24, 2.45) is 0 Å². The van der Waals surface area contributed by atoms with Gasteiger partial charge in [-0.2, -0.15) is 0 Å². The van der Waals surface area contributed by atoms with Crippen molar-refractivity contribution < 1.29 is 9.84 Å². The SMILES string of the molecule is CCCCN(CCCC)c1ccc(C(=C2CCN(CC(O)COc3cccc4ncccc34)CC2)c2ccc(N(CCCC)CCCC)cc2)cc1. The number of pyridine rings is 1. The monoisotopic (exact) mass is 705 g/mol. The van der Waals surface area contributed by atoms with Gasteiger partial charge in [0.2, 0.25) is 0 Å². The third-order valence-electron chi connectivity index (χ3n) is 10.5. The number of aliphatic hydroxyl groups is 1. The lowest BCUT2D eigenvalue weighted by Gasteiger charge is -2.32. The van der Waals surface area contributed by atoms with Crippen LogP contribution in [0.2, 0.25) is 0 Å². The topological polar surface area (TPSA) is 52.1 Å². The van der Waals surface area contributed by atoms with Crippen molar-refractivity contribution in [3.05, 3.63) is 102 Å². The Kier molecular flexibility index (Phi) is 15.9. The van der Waals surface area contributed by atoms with E-state index in [1.165, 1.54) is 85.0 Å². The number of aromatic nitrogens is 1. The van der Waals surface area contributed by atoms with Gasteiger partial charge in [0.1, 0.15) is 18.5 Å². The molecule has 0 saturated carbocycles. The highest BCUT2D eigenvalue weighted by molar-refractivity contribution is 5.85. The van der Waals surface area contributed by atoms with E-state index >= 15 is 0 Å². The first-order valence-corrected chi connectivity index (χ1v) is 20.3. The molecular formula is C46H64N4O2. The van der Waals surface area contributed by atoms with Gasteiger partial charge >= 0.3 is 0 Å². The summed E-state index contributed by atoms with van der Waals surface area (Å²) in [5.41, 5.74) is 9.06. The Morgan fingerprint density at radius 1 is 0.692 bits per heavy atom. The number of aliphatic hydroxyl groups excluding tert-OH is 1. The van der Waals surface area contributed by atoms with Crippen molar-refractivity contribution in [1.82, 2.24) is 9.88 Å². The van der Waals surface area contributed by atoms with Crippen molar-refractivity contribution in [3.8, 4) is 5.75 Å². The molecule has 1 saturated heterocycles. The standard InChI is InChI=1S/C46H64N4O2/c1-5-9-29-49(30-10-6-2)40-22-18-37(19-23-40)46(38-20-24-41(25-21-38)50(31-11-7-3)32-12-8-4)39-26-33-48(34-27-39)35-42(51)36-52-45-17-13-16-44-43(45)15-14-28-47-44/h13-25,28,42,51H,5-12,26-27,29-36H2,1-4H3. The molecule has 5 rings (SSSR count). The molecule has 6 nitrogen and oxygen atoms in total. The van der Waals surface area contributed by atoms with Crippen LogP contribution in [-0.2, 0) is 0 Å². The fourth-order valence-corrected chi connectivity index (χ4v) is 7.38. The molecule has 280 valence electrons. The number of nitrogens with zero attached hydrogens (tertiary/aromatic N) is 4. The Morgan fingerprint density at radius 2 is 1.21 bits per heavy atom. The molecule has 3 aromatic carbocycles. The summed E-state index contributed by atoms with van der Waals surface area (Å²) in [6.45, 7) is 16.3. The second-order valence-electron chi connectivity index (χ2n) is 14.6. The second kappa shape index (κ2) is 21.0. The predicted molar refractivity (Wildman–Crippen MR) is 222 cm³/mol. The fourth-order valence-electron chi connectivity index (χ4n) is 7.38. The molecule has 1 atom stereocenters. The van der Waals surface area contributed by atoms with E-state index in [9.17, 15) is 5.11 Å². The van der Waals surface area contributed by atoms with Crippen LogP contribution in [0.15, 0.2) is 90.6 Å². The van der Waals surface area contributed by atoms with Crippen LogP contribution in [0, 0.1) is 0 Å². The van der Waals surface area contributed by atoms with Gasteiger partial charge in [-0.3, -0.25) is 9.88 Å². The molecule has 0 radical (unpaired) electrons. The van der Waals surface area contributed by atoms with Gasteiger partial charge in [0, 0.05) is 68.8 Å². The number of likely N-dealkylation sites (tertiary alicyclic amines) is 1. The van der Waals surface area contributed by atoms with Gasteiger partial charge in [0.05, 0.1) is 5.52 Å². The quantitative estimate of drug-likeness (QED) is 0.0932. The first-order valence-electron chi connectivity index (χ1n) is 20.3. The number of benzene rings is 3. The molecule has 0 spiro atoms. The van der Waals surface area contributed by atoms with E-state index in [-0.39, 0.29) is 6.61 Å². The maximum atomic E-state index is 11.0. The third kappa shape index (κ3) is 11.1. The normalized spacial score (nSPS) is 14.1. The first kappa shape index (κ1) is 39.3. The largest absolute Gasteiger partial charge is 0.490 e. The van der Waals surface area contributed by atoms with Crippen LogP contribution in [0.5, 0.6) is 5.75 Å². The van der Waals surface area contributed by atoms with Crippen LogP contribution in [0.3, 0.4) is 0 Å². The Bertz CT molecular complexity index is 1550. The summed E-state index contributed by atoms with van der Waals surface area (Å²) in [6, 6.07) is 28.7. The van der Waals surface area contributed by atoms with Crippen molar-refractivity contribution in [2.45, 2.75) is 98.0 Å². The van der Waals surface area contributed by atoms with Crippen molar-refractivity contribution in [1.29, 1.82) is 0 Å². The zero-order valence-electron chi connectivity index (χ0n) is 32.5. The zero-order chi connectivity index (χ0) is 36.5. The molecule has 1 aliphatic heterocycles. The van der Waals surface area contributed by atoms with E-state index in [4.69, 9.17) is 4.74 Å². The summed E-state index contributed by atoms with van der Waals surface area (Å²) in [5.74, 6) is 0.771. The maximum Gasteiger partial charge on any atom is 0.128 e. The maximum absolute atomic E-state index is 11.0. The summed E-state index contributed by atoms with van der Waals surface area (Å²) in [4.78, 5) is 12.0. The summed E-state index contributed by atoms with van der Waals surface area (Å²) >= 11 is 0. The number of fused-ring (bicyclic) bond motifs is 1. The molecule has 4 aromatic rings. The summed E-state index contributed by atoms with van der Waals surface area (Å²) < 4.78 is 6.10. The lowest BCUT2D eigenvalue weighted by Crippen LogP contribution is -2.39. The Labute approximate surface area is 314 Å². The molecule has 2 heterocycles. The Morgan fingerprint density at radius 3 is 1.71 bits per heavy atom. The number of rotatable bonds is 21. The zero-order valence-corrected chi connectivity index (χ0v) is 32.5. The van der Waals surface area contributed by atoms with Gasteiger partial charge in [-0.05, 0) is 104 Å². The van der Waals surface area contributed by atoms with Crippen molar-refractivity contribution in [2.75, 3.05) is 62.2 Å². The number of piperidine rings is 1. The summed E-state index contributed by atoms with van der Waals surface area (Å²) in [5, 5.41) is 12.0. The third-order valence-corrected chi connectivity index (χ3v) is 10.5. The predicted octanol–water partition coefficient (Wildman–Crippen LogP) is 10.4. The smallest absolute Gasteiger partial charge is 0.128 e. The van der Waals surface area contributed by atoms with Crippen LogP contribution >= 0.6 is 0 Å². The van der Waals surface area contributed by atoms with E-state index in [1.807, 2.05) is 30.3 Å². The van der Waals surface area contributed by atoms with Gasteiger partial charge in [-0.1, -0.05) is 89.3 Å². The lowest BCUT2D eigenvalue weighted by molar-refractivity contribution is 0.0661. The molecule has 6 heteroatoms. The van der Waals surface area contributed by atoms with Gasteiger partial charge in [0.25, 0.3) is 0 Å². The molecule has 0 aliphatic carbocycles. The lowest BCUT2D eigenvalue weighted by atomic mass is 9.88. The van der Waals surface area contributed by atoms with Crippen molar-refractivity contribution in [3.63, 3.8) is 0 Å². The number of anilines is 2. The number of unbranched alkanes of at least 4 members (excludes halogenated alkanes) is 4. The van der Waals surface area contributed by atoms with Gasteiger partial charge in [-0.25, -0.2) is 0 Å². The molecule has 0 amide bonds. The highest BCUT2D eigenvalue weighted by Crippen LogP contribution is 2.35. The average Bonchev–Trinajstić information content (AvgIpc) is 3.18. The highest BCUT2D eigenvalue weighted by Gasteiger charge is 2.22. The second-order valence-corrected chi connectivity index (χ2v) is 14.6. The van der Waals surface area contributed by atoms with E-state index in [0.717, 1.165) is 68.8 Å². The fraction of sp³-hybridized carbons (Fsp3) is 0.500. The van der Waals surface area contributed by atoms with Crippen LogP contribution in [0.25, 0.3) is 16.5 Å². The first-order chi connectivity index (χ1) is 25.5. The van der Waals surface area contributed by atoms with E-state index in [1.54, 1.807) is 6.20 Å². The molecule has 1 aromatic heterocycles. The van der Waals surface area contributed by atoms with E-state index < -0.39 is 6.10 Å². The minimum Gasteiger partial charge on any atom is -0.490 e. The van der Waals surface area contributed by atoms with E-state index in [0.29, 0.717) is 6.54 Å². The summed E-state index contributed by atoms with van der Waals surface area (Å²) in [6.07, 6.45) is 12.9. The average molecular weight is 705 g/mol. The number of ether oxygens (including phenoxy) is 1. The minimum absolute atomic E-state index is 0.262. The number of hydrogen-bond acceptors (Lipinski definition) is 6. The molecule has 0 bridgehead atoms. The van der Waals surface area contributed by atoms with E-state index in [2.05, 4.69) is 95.9 Å². The molecular weight excluding hydrogens is 641 g/mol. The minimum atomic E-state index is -0.566. The van der Waals surface area contributed by atoms with Crippen LogP contribution in [0.4, 0.5) is 11.4 Å². The molecule has 1 aliphatic rings. The molecule has 52 heavy (non-hydrogen) atoms. The van der Waals surface area contributed by atoms with Gasteiger partial charge in [0.15, 0.2) is 0 Å². The van der Waals surface area contributed by atoms with Crippen LogP contribution < -0.4 is 14.5 Å². The molecule has 1 fully saturated rings. The van der Waals surface area contributed by atoms with Gasteiger partial charge in [-0.15, -0.1) is 0 Å². The van der Waals surface area contributed by atoms with Crippen LogP contribution in [0.1, 0.15) is 103 Å². The van der Waals surface area contributed by atoms with Crippen LogP contribution in [-0.4, -0.2) is 73.5 Å². The highest BCUT2D eigenvalue weighted by atomic mass is 16.5. The molecule has 1 N–H and O–H groups in total. The Balaban J connectivity index is 1.33. The number of β-amino-alcohol motifs (C(OH)–C–C–N with tert-alkyl or cyclic N) is 1.